The minimum Gasteiger partial charge on any atom is -0.497 e. The number of carbonyl (C=O) groups is 1. The Kier molecular flexibility index (Phi) is 5.21. The molecule has 0 radical (unpaired) electrons. The van der Waals surface area contributed by atoms with Gasteiger partial charge in [0.2, 0.25) is 0 Å². The number of thioether (sulfide) groups is 1. The maximum absolute atomic E-state index is 11.4. The van der Waals surface area contributed by atoms with Crippen molar-refractivity contribution in [2.75, 3.05) is 19.5 Å². The fourth-order valence-corrected chi connectivity index (χ4v) is 2.47. The van der Waals surface area contributed by atoms with Gasteiger partial charge in [0.25, 0.3) is 0 Å². The molecule has 21 heavy (non-hydrogen) atoms. The molecular formula is C14H17N3O3S. The zero-order valence-corrected chi connectivity index (χ0v) is 13.0. The van der Waals surface area contributed by atoms with Crippen molar-refractivity contribution in [3.63, 3.8) is 0 Å². The maximum atomic E-state index is 11.4. The van der Waals surface area contributed by atoms with E-state index in [4.69, 9.17) is 9.47 Å². The van der Waals surface area contributed by atoms with Gasteiger partial charge < -0.3 is 14.0 Å². The van der Waals surface area contributed by atoms with Crippen molar-refractivity contribution in [1.29, 1.82) is 0 Å². The lowest BCUT2D eigenvalue weighted by Gasteiger charge is -2.05. The summed E-state index contributed by atoms with van der Waals surface area (Å²) in [6.45, 7) is 2.17. The van der Waals surface area contributed by atoms with Gasteiger partial charge in [-0.2, -0.15) is 0 Å². The predicted molar refractivity (Wildman–Crippen MR) is 80.3 cm³/mol. The average Bonchev–Trinajstić information content (AvgIpc) is 2.87. The number of rotatable bonds is 6. The molecule has 0 aliphatic carbocycles. The fourth-order valence-electron chi connectivity index (χ4n) is 1.76. The van der Waals surface area contributed by atoms with E-state index in [1.807, 2.05) is 35.9 Å². The Bertz CT molecular complexity index is 610. The van der Waals surface area contributed by atoms with Gasteiger partial charge in [-0.3, -0.25) is 4.79 Å². The van der Waals surface area contributed by atoms with Crippen molar-refractivity contribution in [2.24, 2.45) is 7.05 Å². The molecule has 0 aliphatic heterocycles. The Hall–Kier alpha value is -2.02. The van der Waals surface area contributed by atoms with E-state index in [1.165, 1.54) is 11.8 Å². The second-order valence-corrected chi connectivity index (χ2v) is 5.13. The molecule has 0 saturated carbocycles. The molecule has 0 spiro atoms. The highest BCUT2D eigenvalue weighted by molar-refractivity contribution is 7.99. The summed E-state index contributed by atoms with van der Waals surface area (Å²) >= 11 is 1.31. The Morgan fingerprint density at radius 1 is 1.29 bits per heavy atom. The first kappa shape index (κ1) is 15.4. The lowest BCUT2D eigenvalue weighted by molar-refractivity contribution is -0.139. The Balaban J connectivity index is 2.10. The molecule has 0 saturated heterocycles. The Labute approximate surface area is 127 Å². The van der Waals surface area contributed by atoms with Crippen molar-refractivity contribution in [3.8, 4) is 17.1 Å². The minimum atomic E-state index is -0.253. The number of aromatic nitrogens is 3. The molecule has 0 atom stereocenters. The molecule has 7 heteroatoms. The van der Waals surface area contributed by atoms with E-state index in [0.29, 0.717) is 11.8 Å². The Morgan fingerprint density at radius 2 is 2.00 bits per heavy atom. The zero-order chi connectivity index (χ0) is 15.2. The van der Waals surface area contributed by atoms with Crippen molar-refractivity contribution < 1.29 is 14.3 Å². The van der Waals surface area contributed by atoms with Crippen LogP contribution in [0.25, 0.3) is 11.4 Å². The molecule has 0 amide bonds. The highest BCUT2D eigenvalue weighted by atomic mass is 32.2. The van der Waals surface area contributed by atoms with E-state index in [0.717, 1.165) is 17.1 Å². The van der Waals surface area contributed by atoms with Crippen LogP contribution in [0.2, 0.25) is 0 Å². The first-order chi connectivity index (χ1) is 10.2. The standard InChI is InChI=1S/C14H17N3O3S/c1-4-20-12(18)9-21-14-16-15-13(17(14)2)10-5-7-11(19-3)8-6-10/h5-8H,4,9H2,1-3H3. The molecule has 0 bridgehead atoms. The molecule has 2 aromatic rings. The number of benzene rings is 1. The SMILES string of the molecule is CCOC(=O)CSc1nnc(-c2ccc(OC)cc2)n1C. The summed E-state index contributed by atoms with van der Waals surface area (Å²) in [4.78, 5) is 11.4. The minimum absolute atomic E-state index is 0.225. The Morgan fingerprint density at radius 3 is 2.62 bits per heavy atom. The number of ether oxygens (including phenoxy) is 2. The zero-order valence-electron chi connectivity index (χ0n) is 12.2. The normalized spacial score (nSPS) is 10.4. The molecule has 2 rings (SSSR count). The molecule has 1 heterocycles. The number of esters is 1. The van der Waals surface area contributed by atoms with Gasteiger partial charge in [-0.15, -0.1) is 10.2 Å². The van der Waals surface area contributed by atoms with E-state index in [9.17, 15) is 4.79 Å². The highest BCUT2D eigenvalue weighted by Gasteiger charge is 2.13. The van der Waals surface area contributed by atoms with Crippen LogP contribution < -0.4 is 4.74 Å². The third kappa shape index (κ3) is 3.75. The van der Waals surface area contributed by atoms with Gasteiger partial charge in [-0.1, -0.05) is 11.8 Å². The molecule has 1 aromatic carbocycles. The van der Waals surface area contributed by atoms with Crippen molar-refractivity contribution >= 4 is 17.7 Å². The second-order valence-electron chi connectivity index (χ2n) is 4.19. The summed E-state index contributed by atoms with van der Waals surface area (Å²) in [6.07, 6.45) is 0. The summed E-state index contributed by atoms with van der Waals surface area (Å²) in [6, 6.07) is 7.58. The van der Waals surface area contributed by atoms with Gasteiger partial charge >= 0.3 is 5.97 Å². The number of hydrogen-bond donors (Lipinski definition) is 0. The van der Waals surface area contributed by atoms with Crippen LogP contribution in [0.3, 0.4) is 0 Å². The number of methoxy groups -OCH3 is 1. The summed E-state index contributed by atoms with van der Waals surface area (Å²) < 4.78 is 11.9. The maximum Gasteiger partial charge on any atom is 0.316 e. The molecular weight excluding hydrogens is 290 g/mol. The lowest BCUT2D eigenvalue weighted by Crippen LogP contribution is -2.07. The number of nitrogens with zero attached hydrogens (tertiary/aromatic N) is 3. The van der Waals surface area contributed by atoms with E-state index >= 15 is 0 Å². The van der Waals surface area contributed by atoms with E-state index in [2.05, 4.69) is 10.2 Å². The summed E-state index contributed by atoms with van der Waals surface area (Å²) in [5.41, 5.74) is 0.939. The first-order valence-electron chi connectivity index (χ1n) is 6.48. The molecule has 0 N–H and O–H groups in total. The van der Waals surface area contributed by atoms with Crippen LogP contribution in [-0.2, 0) is 16.6 Å². The van der Waals surface area contributed by atoms with E-state index < -0.39 is 0 Å². The third-order valence-electron chi connectivity index (χ3n) is 2.81. The van der Waals surface area contributed by atoms with Crippen LogP contribution in [-0.4, -0.2) is 40.2 Å². The quantitative estimate of drug-likeness (QED) is 0.602. The molecule has 1 aromatic heterocycles. The summed E-state index contributed by atoms with van der Waals surface area (Å²) in [5, 5.41) is 8.94. The number of carbonyl (C=O) groups excluding carboxylic acids is 1. The van der Waals surface area contributed by atoms with Crippen LogP contribution in [0.4, 0.5) is 0 Å². The molecule has 0 aliphatic rings. The highest BCUT2D eigenvalue weighted by Crippen LogP contribution is 2.24. The summed E-state index contributed by atoms with van der Waals surface area (Å²) in [5.74, 6) is 1.50. The van der Waals surface area contributed by atoms with Gasteiger partial charge in [0.05, 0.1) is 19.5 Å². The third-order valence-corrected chi connectivity index (χ3v) is 3.80. The van der Waals surface area contributed by atoms with Gasteiger partial charge in [-0.05, 0) is 31.2 Å². The van der Waals surface area contributed by atoms with Gasteiger partial charge in [0.1, 0.15) is 5.75 Å². The smallest absolute Gasteiger partial charge is 0.316 e. The van der Waals surface area contributed by atoms with Crippen LogP contribution in [0.5, 0.6) is 5.75 Å². The van der Waals surface area contributed by atoms with Gasteiger partial charge in [0, 0.05) is 12.6 Å². The van der Waals surface area contributed by atoms with Crippen LogP contribution in [0, 0.1) is 0 Å². The molecule has 112 valence electrons. The van der Waals surface area contributed by atoms with E-state index in [-0.39, 0.29) is 11.7 Å². The summed E-state index contributed by atoms with van der Waals surface area (Å²) in [7, 11) is 3.49. The van der Waals surface area contributed by atoms with Crippen LogP contribution in [0.1, 0.15) is 6.92 Å². The van der Waals surface area contributed by atoms with Crippen molar-refractivity contribution in [2.45, 2.75) is 12.1 Å². The number of hydrogen-bond acceptors (Lipinski definition) is 6. The molecule has 0 fully saturated rings. The fraction of sp³-hybridized carbons (Fsp3) is 0.357. The lowest BCUT2D eigenvalue weighted by atomic mass is 10.2. The van der Waals surface area contributed by atoms with Gasteiger partial charge in [-0.25, -0.2) is 0 Å². The van der Waals surface area contributed by atoms with Crippen LogP contribution in [0.15, 0.2) is 29.4 Å². The molecule has 6 nitrogen and oxygen atoms in total. The van der Waals surface area contributed by atoms with Gasteiger partial charge in [0.15, 0.2) is 11.0 Å². The van der Waals surface area contributed by atoms with Crippen molar-refractivity contribution in [1.82, 2.24) is 14.8 Å². The average molecular weight is 307 g/mol. The monoisotopic (exact) mass is 307 g/mol. The van der Waals surface area contributed by atoms with Crippen LogP contribution >= 0.6 is 11.8 Å². The van der Waals surface area contributed by atoms with E-state index in [1.54, 1.807) is 14.0 Å². The topological polar surface area (TPSA) is 66.2 Å². The largest absolute Gasteiger partial charge is 0.497 e. The molecule has 0 unspecified atom stereocenters. The predicted octanol–water partition coefficient (Wildman–Crippen LogP) is 2.15. The first-order valence-corrected chi connectivity index (χ1v) is 7.46. The second kappa shape index (κ2) is 7.12. The van der Waals surface area contributed by atoms with Crippen molar-refractivity contribution in [3.05, 3.63) is 24.3 Å².